The summed E-state index contributed by atoms with van der Waals surface area (Å²) in [5, 5.41) is 13.6. The largest absolute Gasteiger partial charge is 0.444 e. The van der Waals surface area contributed by atoms with Crippen LogP contribution in [0, 0.1) is 0 Å². The number of amides is 1. The first-order valence-corrected chi connectivity index (χ1v) is 9.83. The highest BCUT2D eigenvalue weighted by molar-refractivity contribution is 5.82. The number of rotatable bonds is 4. The minimum atomic E-state index is -0.482. The van der Waals surface area contributed by atoms with Gasteiger partial charge in [-0.05, 0) is 20.8 Å². The van der Waals surface area contributed by atoms with Crippen molar-refractivity contribution in [2.45, 2.75) is 38.5 Å². The number of piperazine rings is 1. The molecule has 3 aliphatic heterocycles. The number of aliphatic hydroxyl groups is 1. The topological polar surface area (TPSA) is 89.9 Å². The lowest BCUT2D eigenvalue weighted by Crippen LogP contribution is -2.58. The molecule has 2 unspecified atom stereocenters. The summed E-state index contributed by atoms with van der Waals surface area (Å²) >= 11 is 0. The number of aliphatic hydroxyl groups excluding tert-OH is 1. The fourth-order valence-corrected chi connectivity index (χ4v) is 3.58. The molecule has 2 atom stereocenters. The SMILES string of the molecule is CC(C)(C)OC(=O)N1CCN2C(NCC(O)CN3CCOCC3)=NCC2C1. The molecule has 0 bridgehead atoms. The van der Waals surface area contributed by atoms with Gasteiger partial charge in [0.05, 0.1) is 31.9 Å². The van der Waals surface area contributed by atoms with Crippen molar-refractivity contribution in [1.82, 2.24) is 20.0 Å². The van der Waals surface area contributed by atoms with Crippen LogP contribution in [0.15, 0.2) is 4.99 Å². The Kier molecular flexibility index (Phi) is 6.44. The summed E-state index contributed by atoms with van der Waals surface area (Å²) in [5.41, 5.74) is -0.482. The van der Waals surface area contributed by atoms with Crippen LogP contribution in [-0.2, 0) is 9.47 Å². The molecule has 2 saturated heterocycles. The maximum atomic E-state index is 12.3. The summed E-state index contributed by atoms with van der Waals surface area (Å²) < 4.78 is 10.8. The van der Waals surface area contributed by atoms with E-state index in [-0.39, 0.29) is 12.1 Å². The van der Waals surface area contributed by atoms with Crippen molar-refractivity contribution in [2.24, 2.45) is 4.99 Å². The van der Waals surface area contributed by atoms with Crippen molar-refractivity contribution in [2.75, 3.05) is 65.6 Å². The highest BCUT2D eigenvalue weighted by atomic mass is 16.6. The fraction of sp³-hybridized carbons (Fsp3) is 0.889. The Morgan fingerprint density at radius 2 is 2.07 bits per heavy atom. The minimum absolute atomic E-state index is 0.171. The number of carbonyl (C=O) groups excluding carboxylic acids is 1. The van der Waals surface area contributed by atoms with Crippen LogP contribution >= 0.6 is 0 Å². The summed E-state index contributed by atoms with van der Waals surface area (Å²) in [6, 6.07) is 0.171. The number of fused-ring (bicyclic) bond motifs is 1. The number of aliphatic imine (C=N–C) groups is 1. The highest BCUT2D eigenvalue weighted by Gasteiger charge is 2.36. The van der Waals surface area contributed by atoms with Gasteiger partial charge in [0.25, 0.3) is 0 Å². The number of hydrogen-bond donors (Lipinski definition) is 2. The molecule has 154 valence electrons. The lowest BCUT2D eigenvalue weighted by Gasteiger charge is -2.39. The summed E-state index contributed by atoms with van der Waals surface area (Å²) in [6.45, 7) is 12.5. The third-order valence-electron chi connectivity index (χ3n) is 4.93. The Bertz CT molecular complexity index is 544. The zero-order valence-electron chi connectivity index (χ0n) is 16.7. The van der Waals surface area contributed by atoms with Gasteiger partial charge in [-0.1, -0.05) is 0 Å². The average Bonchev–Trinajstić information content (AvgIpc) is 3.01. The Hall–Kier alpha value is -1.58. The van der Waals surface area contributed by atoms with Gasteiger partial charge in [0, 0.05) is 45.8 Å². The van der Waals surface area contributed by atoms with Crippen molar-refractivity contribution >= 4 is 12.1 Å². The molecule has 0 aromatic rings. The molecular formula is C18H33N5O4. The summed E-state index contributed by atoms with van der Waals surface area (Å²) in [7, 11) is 0. The van der Waals surface area contributed by atoms with E-state index >= 15 is 0 Å². The Morgan fingerprint density at radius 1 is 1.33 bits per heavy atom. The van der Waals surface area contributed by atoms with Gasteiger partial charge in [0.1, 0.15) is 5.60 Å². The lowest BCUT2D eigenvalue weighted by atomic mass is 10.2. The Labute approximate surface area is 161 Å². The van der Waals surface area contributed by atoms with Gasteiger partial charge in [-0.3, -0.25) is 9.89 Å². The van der Waals surface area contributed by atoms with Crippen LogP contribution in [0.4, 0.5) is 4.79 Å². The third kappa shape index (κ3) is 5.70. The van der Waals surface area contributed by atoms with E-state index < -0.39 is 11.7 Å². The second-order valence-electron chi connectivity index (χ2n) is 8.39. The molecule has 2 N–H and O–H groups in total. The second kappa shape index (κ2) is 8.62. The predicted octanol–water partition coefficient (Wildman–Crippen LogP) is -0.440. The van der Waals surface area contributed by atoms with Gasteiger partial charge in [-0.2, -0.15) is 0 Å². The third-order valence-corrected chi connectivity index (χ3v) is 4.93. The average molecular weight is 383 g/mol. The first kappa shape index (κ1) is 20.2. The Morgan fingerprint density at radius 3 is 2.78 bits per heavy atom. The number of nitrogens with zero attached hydrogens (tertiary/aromatic N) is 4. The first-order chi connectivity index (χ1) is 12.8. The van der Waals surface area contributed by atoms with Crippen LogP contribution < -0.4 is 5.32 Å². The molecule has 27 heavy (non-hydrogen) atoms. The smallest absolute Gasteiger partial charge is 0.410 e. The van der Waals surface area contributed by atoms with Crippen LogP contribution in [0.5, 0.6) is 0 Å². The number of ether oxygens (including phenoxy) is 2. The van der Waals surface area contributed by atoms with E-state index in [1.165, 1.54) is 0 Å². The zero-order chi connectivity index (χ0) is 19.4. The van der Waals surface area contributed by atoms with Gasteiger partial charge in [-0.15, -0.1) is 0 Å². The molecule has 3 aliphatic rings. The second-order valence-corrected chi connectivity index (χ2v) is 8.39. The zero-order valence-corrected chi connectivity index (χ0v) is 16.7. The normalized spacial score (nSPS) is 25.0. The number of carbonyl (C=O) groups is 1. The summed E-state index contributed by atoms with van der Waals surface area (Å²) in [5.74, 6) is 0.824. The fourth-order valence-electron chi connectivity index (χ4n) is 3.58. The highest BCUT2D eigenvalue weighted by Crippen LogP contribution is 2.18. The molecule has 9 heteroatoms. The predicted molar refractivity (Wildman–Crippen MR) is 102 cm³/mol. The number of morpholine rings is 1. The number of nitrogens with one attached hydrogen (secondary N) is 1. The number of hydrogen-bond acceptors (Lipinski definition) is 8. The van der Waals surface area contributed by atoms with Gasteiger partial charge in [0.2, 0.25) is 0 Å². The molecule has 0 aromatic heterocycles. The van der Waals surface area contributed by atoms with E-state index in [0.29, 0.717) is 32.7 Å². The van der Waals surface area contributed by atoms with Gasteiger partial charge in [-0.25, -0.2) is 4.79 Å². The molecule has 3 rings (SSSR count). The van der Waals surface area contributed by atoms with Crippen LogP contribution in [0.3, 0.4) is 0 Å². The van der Waals surface area contributed by atoms with Crippen molar-refractivity contribution in [3.8, 4) is 0 Å². The molecule has 0 spiro atoms. The van der Waals surface area contributed by atoms with Crippen molar-refractivity contribution < 1.29 is 19.4 Å². The first-order valence-electron chi connectivity index (χ1n) is 9.83. The molecule has 9 nitrogen and oxygen atoms in total. The maximum absolute atomic E-state index is 12.3. The molecule has 2 fully saturated rings. The van der Waals surface area contributed by atoms with Gasteiger partial charge >= 0.3 is 6.09 Å². The molecule has 0 radical (unpaired) electrons. The van der Waals surface area contributed by atoms with Crippen LogP contribution in [-0.4, -0.2) is 115 Å². The maximum Gasteiger partial charge on any atom is 0.410 e. The Balaban J connectivity index is 1.41. The number of β-amino-alcohol motifs (C(OH)–C–C–N with tert-alkyl or cyclic N) is 1. The van der Waals surface area contributed by atoms with Crippen molar-refractivity contribution in [1.29, 1.82) is 0 Å². The van der Waals surface area contributed by atoms with E-state index in [0.717, 1.165) is 38.8 Å². The van der Waals surface area contributed by atoms with Crippen molar-refractivity contribution in [3.63, 3.8) is 0 Å². The van der Waals surface area contributed by atoms with E-state index in [4.69, 9.17) is 9.47 Å². The molecule has 1 amide bonds. The van der Waals surface area contributed by atoms with Crippen LogP contribution in [0.25, 0.3) is 0 Å². The van der Waals surface area contributed by atoms with Gasteiger partial charge in [0.15, 0.2) is 5.96 Å². The number of guanidine groups is 1. The monoisotopic (exact) mass is 383 g/mol. The molecular weight excluding hydrogens is 350 g/mol. The van der Waals surface area contributed by atoms with Crippen LogP contribution in [0.2, 0.25) is 0 Å². The molecule has 0 aromatic carbocycles. The van der Waals surface area contributed by atoms with Gasteiger partial charge < -0.3 is 29.7 Å². The van der Waals surface area contributed by atoms with E-state index in [1.54, 1.807) is 4.90 Å². The summed E-state index contributed by atoms with van der Waals surface area (Å²) in [6.07, 6.45) is -0.711. The standard InChI is InChI=1S/C18H33N5O4/c1-18(2,3)27-17(25)22-4-5-23-14(12-22)10-19-16(23)20-11-15(24)13-21-6-8-26-9-7-21/h14-15,24H,4-13H2,1-3H3,(H,19,20). The van der Waals surface area contributed by atoms with Crippen molar-refractivity contribution in [3.05, 3.63) is 0 Å². The molecule has 0 aliphatic carbocycles. The van der Waals surface area contributed by atoms with E-state index in [2.05, 4.69) is 20.1 Å². The quantitative estimate of drug-likeness (QED) is 0.680. The minimum Gasteiger partial charge on any atom is -0.444 e. The van der Waals surface area contributed by atoms with E-state index in [9.17, 15) is 9.90 Å². The van der Waals surface area contributed by atoms with Crippen LogP contribution in [0.1, 0.15) is 20.8 Å². The van der Waals surface area contributed by atoms with E-state index in [1.807, 2.05) is 20.8 Å². The summed E-state index contributed by atoms with van der Waals surface area (Å²) in [4.78, 5) is 23.0. The molecule has 3 heterocycles. The molecule has 0 saturated carbocycles. The lowest BCUT2D eigenvalue weighted by molar-refractivity contribution is 0.0132.